The van der Waals surface area contributed by atoms with E-state index >= 15 is 0 Å². The standard InChI is InChI=1S/C27H22.4C20H17N.C20H24/c1-19-11-15-21(16-12-19)27(22-17-13-20(2)14-18-22)25-9-5-3-7-23(25)24-8-4-6-10-26(24)27;1-14-8-7-13-18-19(14)17-12-6-9-15(2)20(17)21(18)16-10-4-3-5-11-16;1-14-8-6-12-17-19(14)20-15(2)9-7-13-18(20)21(17)16-10-4-3-5-11-16;1-14-8-6-12-17-18-13-7-9-15(2)20(18)21(19(14)17)16-10-4-3-5-11-16;1-14-8-10-17-18-11-9-15(2)13-20(18)21(19(17)12-14)16-6-4-3-5-7-16;1-16-6-10-18(11-7-16)20(14-4-3-5-15-20)19-12-8-17(2)9-13-19/h3-18H,1-2H3;4*3-13H,1-2H3;6-13H,3-5,14-15H2,1-2H3. The van der Waals surface area contributed by atoms with Crippen molar-refractivity contribution >= 4 is 87.2 Å². The summed E-state index contributed by atoms with van der Waals surface area (Å²) in [6, 6.07) is 150. The van der Waals surface area contributed by atoms with Crippen molar-refractivity contribution in [1.29, 1.82) is 0 Å². The van der Waals surface area contributed by atoms with Crippen LogP contribution in [0.1, 0.15) is 132 Å². The van der Waals surface area contributed by atoms with E-state index in [4.69, 9.17) is 0 Å². The number of aryl methyl sites for hydroxylation is 12. The second kappa shape index (κ2) is 36.7. The second-order valence-corrected chi connectivity index (χ2v) is 36.5. The van der Waals surface area contributed by atoms with Gasteiger partial charge < -0.3 is 18.3 Å². The van der Waals surface area contributed by atoms with E-state index in [1.807, 2.05) is 0 Å². The van der Waals surface area contributed by atoms with Crippen LogP contribution < -0.4 is 0 Å². The van der Waals surface area contributed by atoms with E-state index in [1.54, 1.807) is 0 Å². The maximum Gasteiger partial charge on any atom is 0.0713 e. The Bertz CT molecular complexity index is 7490. The van der Waals surface area contributed by atoms with E-state index in [-0.39, 0.29) is 10.8 Å². The maximum absolute atomic E-state index is 2.40. The summed E-state index contributed by atoms with van der Waals surface area (Å²) in [6.07, 6.45) is 6.67. The highest BCUT2D eigenvalue weighted by atomic mass is 15.0. The lowest BCUT2D eigenvalue weighted by atomic mass is 9.65. The van der Waals surface area contributed by atoms with Gasteiger partial charge in [0, 0.05) is 71.3 Å². The molecule has 4 heterocycles. The first-order valence-corrected chi connectivity index (χ1v) is 46.7. The topological polar surface area (TPSA) is 19.7 Å². The molecule has 24 rings (SSSR count). The molecule has 0 radical (unpaired) electrons. The number of hydrogen-bond donors (Lipinski definition) is 0. The summed E-state index contributed by atoms with van der Waals surface area (Å²) in [6.45, 7) is 26.1. The average molecular weight is 1700 g/mol. The predicted molar refractivity (Wildman–Crippen MR) is 560 cm³/mol. The SMILES string of the molecule is Cc1ccc(C2(c3ccc(C)cc3)CCCCC2)cc1.Cc1ccc(C2(c3ccc(C)cc3)c3ccccc3-c3ccccc32)cc1.Cc1ccc2c3ccc(C)cc3n(-c3ccccc3)c2c1.Cc1cccc2c1c1c(C)cccc1n2-c1ccccc1.Cc1cccc2c1c1cccc(C)c1n2-c1ccccc1.Cc1cccc2c3cccc(C)c3n(-c3ccccc3)c12. The number of hydrogen-bond acceptors (Lipinski definition) is 0. The van der Waals surface area contributed by atoms with Crippen LogP contribution in [0.3, 0.4) is 0 Å². The van der Waals surface area contributed by atoms with E-state index in [2.05, 4.69) is 514 Å². The maximum atomic E-state index is 2.40. The molecule has 642 valence electrons. The minimum absolute atomic E-state index is 0.250. The van der Waals surface area contributed by atoms with Crippen LogP contribution in [0.5, 0.6) is 0 Å². The number of rotatable bonds is 8. The summed E-state index contributed by atoms with van der Waals surface area (Å²) in [4.78, 5) is 0. The van der Waals surface area contributed by atoms with E-state index < -0.39 is 0 Å². The van der Waals surface area contributed by atoms with Crippen LogP contribution in [0.4, 0.5) is 0 Å². The number of nitrogens with zero attached hydrogens (tertiary/aromatic N) is 4. The van der Waals surface area contributed by atoms with E-state index in [0.717, 1.165) is 0 Å². The Balaban J connectivity index is 0.000000102. The Morgan fingerprint density at radius 1 is 0.191 bits per heavy atom. The lowest BCUT2D eigenvalue weighted by molar-refractivity contribution is 0.346. The molecule has 0 N–H and O–H groups in total. The van der Waals surface area contributed by atoms with Gasteiger partial charge in [0.1, 0.15) is 0 Å². The Morgan fingerprint density at radius 2 is 0.481 bits per heavy atom. The fourth-order valence-corrected chi connectivity index (χ4v) is 21.3. The third-order valence-electron chi connectivity index (χ3n) is 27.6. The number of aromatic nitrogens is 4. The van der Waals surface area contributed by atoms with E-state index in [1.165, 1.54) is 253 Å². The zero-order chi connectivity index (χ0) is 90.0. The zero-order valence-electron chi connectivity index (χ0n) is 77.6. The van der Waals surface area contributed by atoms with Gasteiger partial charge in [0.2, 0.25) is 0 Å². The lowest BCUT2D eigenvalue weighted by Crippen LogP contribution is -2.30. The zero-order valence-corrected chi connectivity index (χ0v) is 77.6. The van der Waals surface area contributed by atoms with Gasteiger partial charge in [-0.15, -0.1) is 0 Å². The van der Waals surface area contributed by atoms with Crippen molar-refractivity contribution < 1.29 is 0 Å². The van der Waals surface area contributed by atoms with Gasteiger partial charge in [0.15, 0.2) is 0 Å². The van der Waals surface area contributed by atoms with Crippen LogP contribution in [0.2, 0.25) is 0 Å². The molecule has 18 aromatic carbocycles. The highest BCUT2D eigenvalue weighted by Crippen LogP contribution is 2.56. The predicted octanol–water partition coefficient (Wildman–Crippen LogP) is 33.8. The normalized spacial score (nSPS) is 12.9. The highest BCUT2D eigenvalue weighted by Gasteiger charge is 2.46. The van der Waals surface area contributed by atoms with E-state index in [9.17, 15) is 0 Å². The van der Waals surface area contributed by atoms with Crippen molar-refractivity contribution in [2.75, 3.05) is 0 Å². The fourth-order valence-electron chi connectivity index (χ4n) is 21.3. The molecule has 131 heavy (non-hydrogen) atoms. The van der Waals surface area contributed by atoms with Crippen molar-refractivity contribution in [2.24, 2.45) is 0 Å². The minimum atomic E-state index is -0.269. The molecule has 4 aromatic heterocycles. The van der Waals surface area contributed by atoms with Gasteiger partial charge >= 0.3 is 0 Å². The second-order valence-electron chi connectivity index (χ2n) is 36.5. The monoisotopic (exact) mass is 1690 g/mol. The molecular formula is C127H114N4. The van der Waals surface area contributed by atoms with Gasteiger partial charge in [-0.3, -0.25) is 0 Å². The summed E-state index contributed by atoms with van der Waals surface area (Å²) in [5, 5.41) is 10.7. The first-order chi connectivity index (χ1) is 64.0. The third kappa shape index (κ3) is 16.0. The third-order valence-corrected chi connectivity index (χ3v) is 27.6. The molecular weight excluding hydrogens is 1580 g/mol. The summed E-state index contributed by atoms with van der Waals surface area (Å²) in [5.41, 5.74) is 42.1. The van der Waals surface area contributed by atoms with Crippen molar-refractivity contribution in [1.82, 2.24) is 18.3 Å². The summed E-state index contributed by atoms with van der Waals surface area (Å²) < 4.78 is 9.51. The largest absolute Gasteiger partial charge is 0.309 e. The molecule has 2 aliphatic carbocycles. The summed E-state index contributed by atoms with van der Waals surface area (Å²) in [5.74, 6) is 0. The Hall–Kier alpha value is -14.8. The summed E-state index contributed by atoms with van der Waals surface area (Å²) in [7, 11) is 0. The van der Waals surface area contributed by atoms with Crippen LogP contribution in [0, 0.1) is 83.1 Å². The van der Waals surface area contributed by atoms with Gasteiger partial charge in [-0.1, -0.05) is 375 Å². The average Bonchev–Trinajstić information content (AvgIpc) is 1.54. The first-order valence-electron chi connectivity index (χ1n) is 46.7. The molecule has 0 unspecified atom stereocenters. The van der Waals surface area contributed by atoms with Gasteiger partial charge in [-0.05, 0) is 264 Å². The minimum Gasteiger partial charge on any atom is -0.309 e. The first kappa shape index (κ1) is 85.6. The lowest BCUT2D eigenvalue weighted by Gasteiger charge is -2.38. The Kier molecular flexibility index (Phi) is 24.0. The molecule has 0 amide bonds. The molecule has 1 fully saturated rings. The molecule has 4 nitrogen and oxygen atoms in total. The quantitative estimate of drug-likeness (QED) is 0.144. The molecule has 0 atom stereocenters. The molecule has 0 spiro atoms. The van der Waals surface area contributed by atoms with Crippen LogP contribution in [0.25, 0.3) is 121 Å². The molecule has 0 aliphatic heterocycles. The molecule has 4 heteroatoms. The number of fused-ring (bicyclic) bond motifs is 15. The van der Waals surface area contributed by atoms with Crippen LogP contribution in [-0.2, 0) is 10.8 Å². The summed E-state index contributed by atoms with van der Waals surface area (Å²) >= 11 is 0. The molecule has 2 aliphatic rings. The van der Waals surface area contributed by atoms with E-state index in [0.29, 0.717) is 0 Å². The van der Waals surface area contributed by atoms with Gasteiger partial charge in [0.25, 0.3) is 0 Å². The van der Waals surface area contributed by atoms with Crippen LogP contribution in [0.15, 0.2) is 413 Å². The van der Waals surface area contributed by atoms with Gasteiger partial charge in [-0.2, -0.15) is 0 Å². The van der Waals surface area contributed by atoms with Crippen LogP contribution in [-0.4, -0.2) is 18.3 Å². The van der Waals surface area contributed by atoms with Crippen molar-refractivity contribution in [3.8, 4) is 33.9 Å². The molecule has 22 aromatic rings. The Labute approximate surface area is 772 Å². The molecule has 0 saturated heterocycles. The van der Waals surface area contributed by atoms with Gasteiger partial charge in [-0.25, -0.2) is 0 Å². The molecule has 1 saturated carbocycles. The Morgan fingerprint density at radius 3 is 0.870 bits per heavy atom. The van der Waals surface area contributed by atoms with Crippen molar-refractivity contribution in [3.63, 3.8) is 0 Å². The smallest absolute Gasteiger partial charge is 0.0713 e. The fraction of sp³-hybridized carbons (Fsp3) is 0.150. The molecule has 0 bridgehead atoms. The highest BCUT2D eigenvalue weighted by molar-refractivity contribution is 6.15. The van der Waals surface area contributed by atoms with Crippen LogP contribution >= 0.6 is 0 Å². The number of benzene rings is 18. The number of para-hydroxylation sites is 7. The van der Waals surface area contributed by atoms with Gasteiger partial charge in [0.05, 0.1) is 49.5 Å². The van der Waals surface area contributed by atoms with Crippen molar-refractivity contribution in [2.45, 2.75) is 126 Å². The van der Waals surface area contributed by atoms with Crippen molar-refractivity contribution in [3.05, 3.63) is 513 Å².